The Kier molecular flexibility index (Phi) is 7.35. The van der Waals surface area contributed by atoms with Crippen molar-refractivity contribution >= 4 is 11.9 Å². The molecule has 0 aliphatic rings. The number of rotatable bonds is 9. The van der Waals surface area contributed by atoms with Crippen LogP contribution >= 0.6 is 0 Å². The fourth-order valence-electron chi connectivity index (χ4n) is 2.11. The number of anilines is 1. The Bertz CT molecular complexity index is 694. The van der Waals surface area contributed by atoms with Crippen LogP contribution in [0.4, 0.5) is 5.95 Å². The van der Waals surface area contributed by atoms with Crippen LogP contribution in [0.25, 0.3) is 0 Å². The van der Waals surface area contributed by atoms with Gasteiger partial charge < -0.3 is 20.5 Å². The van der Waals surface area contributed by atoms with Crippen LogP contribution in [0.5, 0.6) is 11.6 Å². The van der Waals surface area contributed by atoms with Crippen LogP contribution in [0.2, 0.25) is 0 Å². The Morgan fingerprint density at radius 1 is 1.15 bits per heavy atom. The lowest BCUT2D eigenvalue weighted by molar-refractivity contribution is -0.131. The standard InChI is InChI=1S/C19H26N4O3/c1-13(2)17(24)18(25)21-11-14(3)12-22-19-20-10-9-16(23-19)26-15-7-5-4-6-8-15/h4-10,13-14,17,24H,11-12H2,1-3H3,(H,21,25)(H,20,22,23)/t14?,17-/m1/s1. The zero-order valence-corrected chi connectivity index (χ0v) is 15.3. The summed E-state index contributed by atoms with van der Waals surface area (Å²) in [7, 11) is 0. The van der Waals surface area contributed by atoms with Crippen LogP contribution in [0.15, 0.2) is 42.6 Å². The van der Waals surface area contributed by atoms with Crippen LogP contribution in [0, 0.1) is 11.8 Å². The number of nitrogens with zero attached hydrogens (tertiary/aromatic N) is 2. The van der Waals surface area contributed by atoms with Crippen LogP contribution in [-0.2, 0) is 4.79 Å². The number of aliphatic hydroxyl groups excluding tert-OH is 1. The molecular weight excluding hydrogens is 332 g/mol. The Morgan fingerprint density at radius 2 is 1.88 bits per heavy atom. The van der Waals surface area contributed by atoms with Gasteiger partial charge in [-0.05, 0) is 24.0 Å². The predicted molar refractivity (Wildman–Crippen MR) is 100 cm³/mol. The molecular formula is C19H26N4O3. The molecule has 2 atom stereocenters. The molecule has 0 saturated carbocycles. The third kappa shape index (κ3) is 6.33. The van der Waals surface area contributed by atoms with Crippen molar-refractivity contribution in [3.05, 3.63) is 42.6 Å². The Labute approximate surface area is 153 Å². The molecule has 1 unspecified atom stereocenters. The third-order valence-electron chi connectivity index (χ3n) is 3.73. The lowest BCUT2D eigenvalue weighted by atomic mass is 10.1. The van der Waals surface area contributed by atoms with E-state index in [9.17, 15) is 9.90 Å². The number of benzene rings is 1. The van der Waals surface area contributed by atoms with Crippen molar-refractivity contribution in [2.75, 3.05) is 18.4 Å². The van der Waals surface area contributed by atoms with Crippen LogP contribution in [0.1, 0.15) is 20.8 Å². The second-order valence-corrected chi connectivity index (χ2v) is 6.55. The Hall–Kier alpha value is -2.67. The lowest BCUT2D eigenvalue weighted by Crippen LogP contribution is -2.40. The summed E-state index contributed by atoms with van der Waals surface area (Å²) in [6, 6.07) is 11.1. The molecule has 0 aliphatic carbocycles. The van der Waals surface area contributed by atoms with Crippen molar-refractivity contribution in [2.45, 2.75) is 26.9 Å². The van der Waals surface area contributed by atoms with Crippen molar-refractivity contribution in [3.8, 4) is 11.6 Å². The first-order chi connectivity index (χ1) is 12.5. The quantitative estimate of drug-likeness (QED) is 0.637. The summed E-state index contributed by atoms with van der Waals surface area (Å²) in [6.07, 6.45) is 0.643. The van der Waals surface area contributed by atoms with E-state index in [4.69, 9.17) is 4.74 Å². The Morgan fingerprint density at radius 3 is 2.58 bits per heavy atom. The maximum Gasteiger partial charge on any atom is 0.249 e. The lowest BCUT2D eigenvalue weighted by Gasteiger charge is -2.17. The van der Waals surface area contributed by atoms with Crippen LogP contribution < -0.4 is 15.4 Å². The fraction of sp³-hybridized carbons (Fsp3) is 0.421. The van der Waals surface area contributed by atoms with E-state index in [1.807, 2.05) is 37.3 Å². The van der Waals surface area contributed by atoms with Gasteiger partial charge in [0, 0.05) is 25.4 Å². The molecule has 0 saturated heterocycles. The first-order valence-electron chi connectivity index (χ1n) is 8.71. The van der Waals surface area contributed by atoms with Crippen LogP contribution in [0.3, 0.4) is 0 Å². The average molecular weight is 358 g/mol. The van der Waals surface area contributed by atoms with Gasteiger partial charge in [0.15, 0.2) is 0 Å². The second-order valence-electron chi connectivity index (χ2n) is 6.55. The topological polar surface area (TPSA) is 96.4 Å². The molecule has 0 radical (unpaired) electrons. The smallest absolute Gasteiger partial charge is 0.249 e. The van der Waals surface area contributed by atoms with Crippen molar-refractivity contribution in [3.63, 3.8) is 0 Å². The molecule has 7 nitrogen and oxygen atoms in total. The number of aliphatic hydroxyl groups is 1. The van der Waals surface area contributed by atoms with E-state index in [0.717, 1.165) is 0 Å². The first-order valence-corrected chi connectivity index (χ1v) is 8.71. The van der Waals surface area contributed by atoms with Crippen molar-refractivity contribution < 1.29 is 14.6 Å². The summed E-state index contributed by atoms with van der Waals surface area (Å²) >= 11 is 0. The van der Waals surface area contributed by atoms with Gasteiger partial charge in [-0.3, -0.25) is 4.79 Å². The van der Waals surface area contributed by atoms with Crippen molar-refractivity contribution in [1.29, 1.82) is 0 Å². The van der Waals surface area contributed by atoms with Crippen molar-refractivity contribution in [2.24, 2.45) is 11.8 Å². The highest BCUT2D eigenvalue weighted by Gasteiger charge is 2.18. The molecule has 2 rings (SSSR count). The predicted octanol–water partition coefficient (Wildman–Crippen LogP) is 2.45. The number of ether oxygens (including phenoxy) is 1. The minimum Gasteiger partial charge on any atom is -0.439 e. The van der Waals surface area contributed by atoms with Gasteiger partial charge in [0.2, 0.25) is 17.7 Å². The second kappa shape index (κ2) is 9.72. The molecule has 140 valence electrons. The zero-order valence-electron chi connectivity index (χ0n) is 15.3. The largest absolute Gasteiger partial charge is 0.439 e. The molecule has 1 amide bonds. The van der Waals surface area contributed by atoms with Gasteiger partial charge in [0.05, 0.1) is 0 Å². The van der Waals surface area contributed by atoms with Gasteiger partial charge in [-0.25, -0.2) is 4.98 Å². The number of hydrogen-bond acceptors (Lipinski definition) is 6. The molecule has 0 aliphatic heterocycles. The molecule has 0 bridgehead atoms. The normalized spacial score (nSPS) is 13.1. The zero-order chi connectivity index (χ0) is 18.9. The van der Waals surface area contributed by atoms with Crippen LogP contribution in [-0.4, -0.2) is 40.2 Å². The van der Waals surface area contributed by atoms with Gasteiger partial charge >= 0.3 is 0 Å². The van der Waals surface area contributed by atoms with E-state index < -0.39 is 6.10 Å². The molecule has 3 N–H and O–H groups in total. The highest BCUT2D eigenvalue weighted by atomic mass is 16.5. The maximum absolute atomic E-state index is 11.8. The molecule has 1 aromatic heterocycles. The molecule has 7 heteroatoms. The monoisotopic (exact) mass is 358 g/mol. The number of para-hydroxylation sites is 1. The van der Waals surface area contributed by atoms with E-state index >= 15 is 0 Å². The number of aromatic nitrogens is 2. The summed E-state index contributed by atoms with van der Waals surface area (Å²) in [4.78, 5) is 20.2. The molecule has 0 spiro atoms. The summed E-state index contributed by atoms with van der Waals surface area (Å²) in [5.74, 6) is 1.30. The molecule has 0 fully saturated rings. The SMILES string of the molecule is CC(CNC(=O)[C@H](O)C(C)C)CNc1nccc(Oc2ccccc2)n1. The van der Waals surface area contributed by atoms with Crippen molar-refractivity contribution in [1.82, 2.24) is 15.3 Å². The van der Waals surface area contributed by atoms with E-state index in [0.29, 0.717) is 30.7 Å². The minimum atomic E-state index is -0.981. The van der Waals surface area contributed by atoms with E-state index in [-0.39, 0.29) is 17.7 Å². The molecule has 1 aromatic carbocycles. The van der Waals surface area contributed by atoms with Gasteiger partial charge in [-0.1, -0.05) is 39.0 Å². The summed E-state index contributed by atoms with van der Waals surface area (Å²) < 4.78 is 5.68. The average Bonchev–Trinajstić information content (AvgIpc) is 2.64. The number of hydrogen-bond donors (Lipinski definition) is 3. The number of carbonyl (C=O) groups excluding carboxylic acids is 1. The van der Waals surface area contributed by atoms with E-state index in [1.165, 1.54) is 0 Å². The van der Waals surface area contributed by atoms with Gasteiger partial charge in [0.25, 0.3) is 0 Å². The summed E-state index contributed by atoms with van der Waals surface area (Å²) in [6.45, 7) is 6.62. The fourth-order valence-corrected chi connectivity index (χ4v) is 2.11. The number of carbonyl (C=O) groups is 1. The van der Waals surface area contributed by atoms with Gasteiger partial charge in [-0.2, -0.15) is 4.98 Å². The number of nitrogens with one attached hydrogen (secondary N) is 2. The highest BCUT2D eigenvalue weighted by Crippen LogP contribution is 2.19. The Balaban J connectivity index is 1.80. The minimum absolute atomic E-state index is 0.107. The maximum atomic E-state index is 11.8. The third-order valence-corrected chi connectivity index (χ3v) is 3.73. The summed E-state index contributed by atoms with van der Waals surface area (Å²) in [5, 5.41) is 15.6. The number of amides is 1. The molecule has 1 heterocycles. The van der Waals surface area contributed by atoms with Gasteiger partial charge in [0.1, 0.15) is 11.9 Å². The molecule has 26 heavy (non-hydrogen) atoms. The van der Waals surface area contributed by atoms with E-state index in [1.54, 1.807) is 26.1 Å². The highest BCUT2D eigenvalue weighted by molar-refractivity contribution is 5.80. The van der Waals surface area contributed by atoms with E-state index in [2.05, 4.69) is 20.6 Å². The first kappa shape index (κ1) is 19.7. The summed E-state index contributed by atoms with van der Waals surface area (Å²) in [5.41, 5.74) is 0. The molecule has 2 aromatic rings. The van der Waals surface area contributed by atoms with Gasteiger partial charge in [-0.15, -0.1) is 0 Å².